The van der Waals surface area contributed by atoms with Gasteiger partial charge in [0.2, 0.25) is 0 Å². The maximum atomic E-state index is 11.3. The molecule has 0 radical (unpaired) electrons. The van der Waals surface area contributed by atoms with Crippen LogP contribution in [0.1, 0.15) is 44.9 Å². The Labute approximate surface area is 107 Å². The Balaban J connectivity index is 3.77. The van der Waals surface area contributed by atoms with Crippen LogP contribution in [-0.2, 0) is 14.3 Å². The number of nitriles is 1. The van der Waals surface area contributed by atoms with Crippen LogP contribution in [0.2, 0.25) is 0 Å². The molecular formula is C13H17NO4. The van der Waals surface area contributed by atoms with E-state index in [0.29, 0.717) is 12.8 Å². The van der Waals surface area contributed by atoms with Gasteiger partial charge in [-0.3, -0.25) is 9.59 Å². The van der Waals surface area contributed by atoms with Crippen LogP contribution in [0.15, 0.2) is 0 Å². The number of carboxylic acids is 1. The molecular weight excluding hydrogens is 234 g/mol. The number of carboxylic acid groups (broad SMARTS) is 1. The summed E-state index contributed by atoms with van der Waals surface area (Å²) in [6.07, 6.45) is 7.34. The molecule has 0 aromatic heterocycles. The zero-order valence-electron chi connectivity index (χ0n) is 10.2. The molecule has 0 rings (SSSR count). The molecule has 0 aliphatic carbocycles. The number of hydrogen-bond donors (Lipinski definition) is 1. The largest absolute Gasteiger partial charge is 0.481 e. The molecule has 0 spiro atoms. The summed E-state index contributed by atoms with van der Waals surface area (Å²) in [5.41, 5.74) is 0. The highest BCUT2D eigenvalue weighted by Gasteiger charge is 2.11. The molecule has 1 atom stereocenters. The maximum Gasteiger partial charge on any atom is 0.307 e. The summed E-state index contributed by atoms with van der Waals surface area (Å²) in [4.78, 5) is 21.6. The lowest BCUT2D eigenvalue weighted by atomic mass is 10.1. The Bertz CT molecular complexity index is 351. The SMILES string of the molecule is C#CC(CCCCC#N)OC(=O)CCCC(=O)O. The molecule has 98 valence electrons. The summed E-state index contributed by atoms with van der Waals surface area (Å²) in [5.74, 6) is 0.957. The van der Waals surface area contributed by atoms with Crippen LogP contribution in [-0.4, -0.2) is 23.1 Å². The van der Waals surface area contributed by atoms with Gasteiger partial charge >= 0.3 is 11.9 Å². The summed E-state index contributed by atoms with van der Waals surface area (Å²) < 4.78 is 5.01. The number of rotatable bonds is 9. The van der Waals surface area contributed by atoms with Gasteiger partial charge in [-0.2, -0.15) is 5.26 Å². The normalized spacial score (nSPS) is 11.0. The number of carbonyl (C=O) groups is 2. The van der Waals surface area contributed by atoms with Gasteiger partial charge in [-0.15, -0.1) is 6.42 Å². The average Bonchev–Trinajstić information content (AvgIpc) is 2.32. The van der Waals surface area contributed by atoms with Gasteiger partial charge in [0.15, 0.2) is 6.10 Å². The smallest absolute Gasteiger partial charge is 0.307 e. The van der Waals surface area contributed by atoms with E-state index in [9.17, 15) is 9.59 Å². The highest BCUT2D eigenvalue weighted by molar-refractivity contribution is 5.71. The molecule has 0 fully saturated rings. The molecule has 0 aliphatic heterocycles. The van der Waals surface area contributed by atoms with E-state index in [1.807, 2.05) is 6.07 Å². The average molecular weight is 251 g/mol. The van der Waals surface area contributed by atoms with E-state index >= 15 is 0 Å². The first kappa shape index (κ1) is 16.0. The highest BCUT2D eigenvalue weighted by Crippen LogP contribution is 2.08. The standard InChI is InChI=1S/C13H17NO4/c1-2-11(7-4-3-5-10-14)18-13(17)9-6-8-12(15)16/h1,11H,3-9H2,(H,15,16). The van der Waals surface area contributed by atoms with Crippen molar-refractivity contribution in [2.24, 2.45) is 0 Å². The fourth-order valence-electron chi connectivity index (χ4n) is 1.31. The van der Waals surface area contributed by atoms with E-state index in [0.717, 1.165) is 12.8 Å². The molecule has 0 saturated carbocycles. The topological polar surface area (TPSA) is 87.4 Å². The van der Waals surface area contributed by atoms with E-state index in [4.69, 9.17) is 21.5 Å². The van der Waals surface area contributed by atoms with Crippen molar-refractivity contribution >= 4 is 11.9 Å². The summed E-state index contributed by atoms with van der Waals surface area (Å²) in [5, 5.41) is 16.8. The van der Waals surface area contributed by atoms with Crippen molar-refractivity contribution < 1.29 is 19.4 Å². The molecule has 0 bridgehead atoms. The Morgan fingerprint density at radius 1 is 1.28 bits per heavy atom. The van der Waals surface area contributed by atoms with Crippen LogP contribution in [0.25, 0.3) is 0 Å². The fraction of sp³-hybridized carbons (Fsp3) is 0.615. The lowest BCUT2D eigenvalue weighted by Crippen LogP contribution is -2.16. The molecule has 0 aliphatic rings. The number of aliphatic carboxylic acids is 1. The second-order valence-electron chi connectivity index (χ2n) is 3.80. The van der Waals surface area contributed by atoms with E-state index in [1.54, 1.807) is 0 Å². The van der Waals surface area contributed by atoms with E-state index < -0.39 is 18.0 Å². The zero-order chi connectivity index (χ0) is 13.8. The summed E-state index contributed by atoms with van der Waals surface area (Å²) in [6.45, 7) is 0. The van der Waals surface area contributed by atoms with Crippen molar-refractivity contribution in [2.75, 3.05) is 0 Å². The van der Waals surface area contributed by atoms with E-state index in [2.05, 4.69) is 5.92 Å². The Hall–Kier alpha value is -2.01. The number of hydrogen-bond acceptors (Lipinski definition) is 4. The molecule has 1 unspecified atom stereocenters. The molecule has 5 nitrogen and oxygen atoms in total. The maximum absolute atomic E-state index is 11.3. The summed E-state index contributed by atoms with van der Waals surface area (Å²) in [6, 6.07) is 2.02. The monoisotopic (exact) mass is 251 g/mol. The third kappa shape index (κ3) is 9.23. The number of esters is 1. The predicted molar refractivity (Wildman–Crippen MR) is 64.3 cm³/mol. The third-order valence-electron chi connectivity index (χ3n) is 2.24. The van der Waals surface area contributed by atoms with Crippen LogP contribution in [0.4, 0.5) is 0 Å². The highest BCUT2D eigenvalue weighted by atomic mass is 16.5. The van der Waals surface area contributed by atoms with Gasteiger partial charge in [-0.25, -0.2) is 0 Å². The van der Waals surface area contributed by atoms with Crippen LogP contribution >= 0.6 is 0 Å². The minimum atomic E-state index is -0.937. The molecule has 0 saturated heterocycles. The number of ether oxygens (including phenoxy) is 1. The van der Waals surface area contributed by atoms with E-state index in [-0.39, 0.29) is 19.3 Å². The third-order valence-corrected chi connectivity index (χ3v) is 2.24. The molecule has 0 aromatic carbocycles. The number of terminal acetylenes is 1. The molecule has 18 heavy (non-hydrogen) atoms. The minimum Gasteiger partial charge on any atom is -0.481 e. The Morgan fingerprint density at radius 3 is 2.56 bits per heavy atom. The first-order valence-electron chi connectivity index (χ1n) is 5.84. The summed E-state index contributed by atoms with van der Waals surface area (Å²) in [7, 11) is 0. The number of nitrogens with zero attached hydrogens (tertiary/aromatic N) is 1. The molecule has 0 heterocycles. The number of unbranched alkanes of at least 4 members (excludes halogenated alkanes) is 2. The minimum absolute atomic E-state index is 0.0575. The number of carbonyl (C=O) groups excluding carboxylic acids is 1. The van der Waals surface area contributed by atoms with Gasteiger partial charge in [0.25, 0.3) is 0 Å². The van der Waals surface area contributed by atoms with Crippen molar-refractivity contribution in [3.63, 3.8) is 0 Å². The van der Waals surface area contributed by atoms with Crippen molar-refractivity contribution in [1.29, 1.82) is 5.26 Å². The fourth-order valence-corrected chi connectivity index (χ4v) is 1.31. The quantitative estimate of drug-likeness (QED) is 0.384. The predicted octanol–water partition coefficient (Wildman–Crippen LogP) is 1.87. The van der Waals surface area contributed by atoms with Crippen molar-refractivity contribution in [3.05, 3.63) is 0 Å². The second kappa shape index (κ2) is 10.2. The van der Waals surface area contributed by atoms with Gasteiger partial charge in [0.1, 0.15) is 0 Å². The van der Waals surface area contributed by atoms with Gasteiger partial charge in [0.05, 0.1) is 6.07 Å². The van der Waals surface area contributed by atoms with Gasteiger partial charge in [-0.05, 0) is 25.7 Å². The molecule has 0 amide bonds. The Kier molecular flexibility index (Phi) is 9.03. The lowest BCUT2D eigenvalue weighted by Gasteiger charge is -2.11. The second-order valence-corrected chi connectivity index (χ2v) is 3.80. The molecule has 5 heteroatoms. The van der Waals surface area contributed by atoms with E-state index in [1.165, 1.54) is 0 Å². The summed E-state index contributed by atoms with van der Waals surface area (Å²) >= 11 is 0. The van der Waals surface area contributed by atoms with Gasteiger partial charge in [-0.1, -0.05) is 5.92 Å². The first-order chi connectivity index (χ1) is 8.60. The zero-order valence-corrected chi connectivity index (χ0v) is 10.2. The molecule has 0 aromatic rings. The van der Waals surface area contributed by atoms with Crippen LogP contribution in [0.5, 0.6) is 0 Å². The van der Waals surface area contributed by atoms with Gasteiger partial charge in [0, 0.05) is 19.3 Å². The van der Waals surface area contributed by atoms with Crippen molar-refractivity contribution in [3.8, 4) is 18.4 Å². The van der Waals surface area contributed by atoms with Gasteiger partial charge < -0.3 is 9.84 Å². The van der Waals surface area contributed by atoms with Crippen molar-refractivity contribution in [1.82, 2.24) is 0 Å². The Morgan fingerprint density at radius 2 is 2.00 bits per heavy atom. The van der Waals surface area contributed by atoms with Crippen LogP contribution in [0.3, 0.4) is 0 Å². The van der Waals surface area contributed by atoms with Crippen molar-refractivity contribution in [2.45, 2.75) is 51.0 Å². The molecule has 1 N–H and O–H groups in total. The first-order valence-corrected chi connectivity index (χ1v) is 5.84. The van der Waals surface area contributed by atoms with Crippen LogP contribution < -0.4 is 0 Å². The van der Waals surface area contributed by atoms with Crippen LogP contribution in [0, 0.1) is 23.7 Å². The lowest BCUT2D eigenvalue weighted by molar-refractivity contribution is -0.147.